The van der Waals surface area contributed by atoms with E-state index in [1.807, 2.05) is 18.9 Å². The Morgan fingerprint density at radius 1 is 1.19 bits per heavy atom. The van der Waals surface area contributed by atoms with Crippen LogP contribution in [0.5, 0.6) is 0 Å². The highest BCUT2D eigenvalue weighted by Gasteiger charge is 2.63. The summed E-state index contributed by atoms with van der Waals surface area (Å²) in [5.74, 6) is -2.78. The standard InChI is InChI=1S/C23H25FN6O6/c1-9-6-30-16-11(5-23(18(30)10(2)35-9)20(32)26-22(34)27-21(23)33)4-13-15(28-36-17(13)14(16)24)19(31)25-12-7-29(3)8-12/h4,9-10,12,18H,5-8H2,1-3H3,(H,25,31)(H2,26,27,32,33,34). The maximum atomic E-state index is 16.0. The van der Waals surface area contributed by atoms with Gasteiger partial charge in [-0.1, -0.05) is 5.16 Å². The summed E-state index contributed by atoms with van der Waals surface area (Å²) >= 11 is 0. The molecule has 5 heterocycles. The van der Waals surface area contributed by atoms with Gasteiger partial charge in [0.05, 0.1) is 35.4 Å². The fourth-order valence-electron chi connectivity index (χ4n) is 6.16. The number of hydrogen-bond acceptors (Lipinski definition) is 9. The molecule has 12 nitrogen and oxygen atoms in total. The highest BCUT2D eigenvalue weighted by molar-refractivity contribution is 6.20. The minimum absolute atomic E-state index is 0.0516. The molecule has 1 aromatic heterocycles. The molecule has 0 saturated carbocycles. The molecule has 13 heteroatoms. The number of nitrogens with zero attached hydrogens (tertiary/aromatic N) is 3. The third kappa shape index (κ3) is 3.08. The lowest BCUT2D eigenvalue weighted by molar-refractivity contribution is -0.153. The van der Waals surface area contributed by atoms with Gasteiger partial charge in [0.1, 0.15) is 0 Å². The van der Waals surface area contributed by atoms with Crippen LogP contribution in [0.1, 0.15) is 29.9 Å². The maximum Gasteiger partial charge on any atom is 0.328 e. The smallest absolute Gasteiger partial charge is 0.328 e. The number of rotatable bonds is 2. The number of carbonyl (C=O) groups excluding carboxylic acids is 4. The summed E-state index contributed by atoms with van der Waals surface area (Å²) in [4.78, 5) is 55.0. The third-order valence-corrected chi connectivity index (χ3v) is 7.58. The summed E-state index contributed by atoms with van der Waals surface area (Å²) in [6.45, 7) is 5.08. The molecule has 0 aliphatic carbocycles. The van der Waals surface area contributed by atoms with E-state index in [4.69, 9.17) is 9.26 Å². The van der Waals surface area contributed by atoms with Crippen LogP contribution in [0.25, 0.3) is 11.0 Å². The normalized spacial score (nSPS) is 27.8. The molecule has 0 radical (unpaired) electrons. The molecule has 3 unspecified atom stereocenters. The van der Waals surface area contributed by atoms with Gasteiger partial charge in [0.15, 0.2) is 16.9 Å². The fraction of sp³-hybridized carbons (Fsp3) is 0.522. The number of barbiturate groups is 1. The second-order valence-electron chi connectivity index (χ2n) is 10.1. The lowest BCUT2D eigenvalue weighted by atomic mass is 9.66. The van der Waals surface area contributed by atoms with Crippen molar-refractivity contribution in [3.63, 3.8) is 0 Å². The number of likely N-dealkylation sites (tertiary alicyclic amines) is 1. The van der Waals surface area contributed by atoms with E-state index in [1.54, 1.807) is 17.9 Å². The maximum absolute atomic E-state index is 16.0. The number of hydrogen-bond donors (Lipinski definition) is 3. The molecule has 0 bridgehead atoms. The third-order valence-electron chi connectivity index (χ3n) is 7.58. The number of fused-ring (bicyclic) bond motifs is 5. The number of likely N-dealkylation sites (N-methyl/N-ethyl adjacent to an activating group) is 1. The molecule has 4 aliphatic heterocycles. The Balaban J connectivity index is 1.49. The first-order chi connectivity index (χ1) is 17.1. The minimum Gasteiger partial charge on any atom is -0.372 e. The van der Waals surface area contributed by atoms with Gasteiger partial charge in [-0.15, -0.1) is 0 Å². The van der Waals surface area contributed by atoms with E-state index in [0.717, 1.165) is 0 Å². The Bertz CT molecular complexity index is 1320. The molecule has 190 valence electrons. The van der Waals surface area contributed by atoms with E-state index < -0.39 is 47.1 Å². The van der Waals surface area contributed by atoms with Crippen molar-refractivity contribution in [1.82, 2.24) is 26.0 Å². The average Bonchev–Trinajstić information content (AvgIpc) is 3.20. The number of imide groups is 2. The fourth-order valence-corrected chi connectivity index (χ4v) is 6.16. The first-order valence-corrected chi connectivity index (χ1v) is 11.8. The first kappa shape index (κ1) is 22.9. The van der Waals surface area contributed by atoms with Crippen molar-refractivity contribution in [2.45, 2.75) is 44.6 Å². The lowest BCUT2D eigenvalue weighted by Gasteiger charge is -2.55. The molecular formula is C23H25FN6O6. The van der Waals surface area contributed by atoms with Crippen molar-refractivity contribution < 1.29 is 32.8 Å². The van der Waals surface area contributed by atoms with Gasteiger partial charge in [-0.3, -0.25) is 25.0 Å². The van der Waals surface area contributed by atoms with Gasteiger partial charge < -0.3 is 24.4 Å². The number of urea groups is 1. The quantitative estimate of drug-likeness (QED) is 0.481. The number of anilines is 1. The predicted octanol–water partition coefficient (Wildman–Crippen LogP) is -0.0986. The summed E-state index contributed by atoms with van der Waals surface area (Å²) in [6, 6.07) is -0.301. The Labute approximate surface area is 204 Å². The van der Waals surface area contributed by atoms with Crippen molar-refractivity contribution in [2.24, 2.45) is 5.41 Å². The number of amides is 5. The minimum atomic E-state index is -1.75. The summed E-state index contributed by atoms with van der Waals surface area (Å²) in [6.07, 6.45) is -1.18. The molecule has 5 amide bonds. The van der Waals surface area contributed by atoms with Crippen LogP contribution in [-0.2, 0) is 20.7 Å². The van der Waals surface area contributed by atoms with Gasteiger partial charge in [0.2, 0.25) is 17.4 Å². The van der Waals surface area contributed by atoms with Gasteiger partial charge in [-0.25, -0.2) is 9.18 Å². The molecule has 1 aromatic carbocycles. The number of benzene rings is 1. The second-order valence-corrected chi connectivity index (χ2v) is 10.1. The number of nitrogens with one attached hydrogen (secondary N) is 3. The van der Waals surface area contributed by atoms with Crippen molar-refractivity contribution in [3.8, 4) is 0 Å². The van der Waals surface area contributed by atoms with Crippen LogP contribution in [0.4, 0.5) is 14.9 Å². The first-order valence-electron chi connectivity index (χ1n) is 11.8. The number of aromatic nitrogens is 1. The van der Waals surface area contributed by atoms with E-state index >= 15 is 4.39 Å². The predicted molar refractivity (Wildman–Crippen MR) is 122 cm³/mol. The van der Waals surface area contributed by atoms with Crippen LogP contribution in [0.15, 0.2) is 10.6 Å². The lowest BCUT2D eigenvalue weighted by Crippen LogP contribution is -2.75. The number of halogens is 1. The molecule has 2 aromatic rings. The SMILES string of the molecule is CC1CN2c3c(cc4c(C(=O)NC5CN(C)C5)noc4c3F)CC3(C(=O)NC(=O)NC3=O)C2C(C)O1. The summed E-state index contributed by atoms with van der Waals surface area (Å²) in [7, 11) is 1.93. The molecule has 3 saturated heterocycles. The van der Waals surface area contributed by atoms with Gasteiger partial charge in [-0.05, 0) is 32.5 Å². The van der Waals surface area contributed by atoms with Crippen molar-refractivity contribution in [1.29, 1.82) is 0 Å². The van der Waals surface area contributed by atoms with E-state index in [2.05, 4.69) is 21.1 Å². The van der Waals surface area contributed by atoms with E-state index in [0.29, 0.717) is 18.7 Å². The molecule has 4 aliphatic rings. The summed E-state index contributed by atoms with van der Waals surface area (Å²) < 4.78 is 27.3. The highest BCUT2D eigenvalue weighted by atomic mass is 19.1. The van der Waals surface area contributed by atoms with Crippen LogP contribution < -0.4 is 20.9 Å². The zero-order valence-electron chi connectivity index (χ0n) is 19.9. The molecule has 36 heavy (non-hydrogen) atoms. The summed E-state index contributed by atoms with van der Waals surface area (Å²) in [5.41, 5.74) is -1.51. The van der Waals surface area contributed by atoms with Gasteiger partial charge in [0, 0.05) is 26.1 Å². The number of carbonyl (C=O) groups is 4. The summed E-state index contributed by atoms with van der Waals surface area (Å²) in [5, 5.41) is 11.2. The zero-order valence-corrected chi connectivity index (χ0v) is 19.9. The number of ether oxygens (including phenoxy) is 1. The van der Waals surface area contributed by atoms with Gasteiger partial charge in [-0.2, -0.15) is 0 Å². The van der Waals surface area contributed by atoms with Crippen LogP contribution in [0.3, 0.4) is 0 Å². The largest absolute Gasteiger partial charge is 0.372 e. The van der Waals surface area contributed by atoms with Gasteiger partial charge >= 0.3 is 6.03 Å². The van der Waals surface area contributed by atoms with E-state index in [9.17, 15) is 19.2 Å². The zero-order chi connectivity index (χ0) is 25.5. The molecule has 1 spiro atoms. The topological polar surface area (TPSA) is 146 Å². The number of morpholine rings is 1. The van der Waals surface area contributed by atoms with Crippen LogP contribution in [0, 0.1) is 11.2 Å². The Kier molecular flexibility index (Phi) is 4.89. The molecule has 6 rings (SSSR count). The van der Waals surface area contributed by atoms with Crippen LogP contribution >= 0.6 is 0 Å². The van der Waals surface area contributed by atoms with E-state index in [-0.39, 0.29) is 47.5 Å². The van der Waals surface area contributed by atoms with Crippen LogP contribution in [0.2, 0.25) is 0 Å². The van der Waals surface area contributed by atoms with Crippen LogP contribution in [-0.4, -0.2) is 84.8 Å². The van der Waals surface area contributed by atoms with Crippen molar-refractivity contribution in [3.05, 3.63) is 23.1 Å². The van der Waals surface area contributed by atoms with Gasteiger partial charge in [0.25, 0.3) is 5.91 Å². The second kappa shape index (κ2) is 7.71. The van der Waals surface area contributed by atoms with Crippen molar-refractivity contribution >= 4 is 40.4 Å². The Morgan fingerprint density at radius 3 is 2.56 bits per heavy atom. The Hall–Kier alpha value is -3.58. The highest BCUT2D eigenvalue weighted by Crippen LogP contribution is 2.49. The monoisotopic (exact) mass is 500 g/mol. The molecule has 3 atom stereocenters. The molecular weight excluding hydrogens is 475 g/mol. The average molecular weight is 500 g/mol. The Morgan fingerprint density at radius 2 is 1.89 bits per heavy atom. The van der Waals surface area contributed by atoms with Crippen molar-refractivity contribution in [2.75, 3.05) is 31.6 Å². The molecule has 3 fully saturated rings. The van der Waals surface area contributed by atoms with E-state index in [1.165, 1.54) is 0 Å². The molecule has 3 N–H and O–H groups in total.